The third-order valence-corrected chi connectivity index (χ3v) is 3.62. The molecule has 1 nitrogen and oxygen atoms in total. The predicted molar refractivity (Wildman–Crippen MR) is 76.5 cm³/mol. The van der Waals surface area contributed by atoms with Crippen LogP contribution in [0.1, 0.15) is 51.7 Å². The maximum absolute atomic E-state index is 3.52. The molecule has 1 aromatic carbocycles. The fourth-order valence-corrected chi connectivity index (χ4v) is 1.98. The van der Waals surface area contributed by atoms with E-state index in [4.69, 9.17) is 0 Å². The van der Waals surface area contributed by atoms with E-state index >= 15 is 0 Å². The summed E-state index contributed by atoms with van der Waals surface area (Å²) in [5, 5.41) is 3.52. The molecule has 0 aliphatic heterocycles. The van der Waals surface area contributed by atoms with Crippen LogP contribution in [-0.2, 0) is 6.42 Å². The maximum Gasteiger partial charge on any atom is 0.00104 e. The minimum atomic E-state index is 0.576. The Labute approximate surface area is 107 Å². The summed E-state index contributed by atoms with van der Waals surface area (Å²) in [5.41, 5.74) is 2.88. The second kappa shape index (κ2) is 6.80. The van der Waals surface area contributed by atoms with E-state index in [0.717, 1.165) is 13.0 Å². The van der Waals surface area contributed by atoms with E-state index in [1.165, 1.54) is 11.1 Å². The molecule has 17 heavy (non-hydrogen) atoms. The first-order valence-electron chi connectivity index (χ1n) is 6.86. The summed E-state index contributed by atoms with van der Waals surface area (Å²) in [4.78, 5) is 0. The summed E-state index contributed by atoms with van der Waals surface area (Å²) in [6, 6.07) is 9.67. The number of nitrogens with one attached hydrogen (secondary N) is 1. The summed E-state index contributed by atoms with van der Waals surface area (Å²) in [7, 11) is 0. The smallest absolute Gasteiger partial charge is 0.00104 e. The normalized spacial score (nSPS) is 14.9. The van der Waals surface area contributed by atoms with Gasteiger partial charge in [0.15, 0.2) is 0 Å². The highest BCUT2D eigenvalue weighted by atomic mass is 14.9. The van der Waals surface area contributed by atoms with Crippen LogP contribution in [0.2, 0.25) is 0 Å². The van der Waals surface area contributed by atoms with Gasteiger partial charge in [0, 0.05) is 6.04 Å². The van der Waals surface area contributed by atoms with Crippen LogP contribution in [0, 0.1) is 5.92 Å². The van der Waals surface area contributed by atoms with Crippen LogP contribution >= 0.6 is 0 Å². The minimum Gasteiger partial charge on any atom is -0.314 e. The molecule has 0 aliphatic carbocycles. The lowest BCUT2D eigenvalue weighted by Gasteiger charge is -2.22. The second-order valence-corrected chi connectivity index (χ2v) is 5.42. The van der Waals surface area contributed by atoms with Crippen LogP contribution in [0.5, 0.6) is 0 Å². The number of aryl methyl sites for hydroxylation is 1. The Balaban J connectivity index is 2.58. The van der Waals surface area contributed by atoms with Crippen molar-refractivity contribution in [3.05, 3.63) is 35.4 Å². The van der Waals surface area contributed by atoms with Crippen molar-refractivity contribution in [1.82, 2.24) is 5.32 Å². The first-order chi connectivity index (χ1) is 8.04. The van der Waals surface area contributed by atoms with Crippen molar-refractivity contribution in [2.24, 2.45) is 5.92 Å². The lowest BCUT2D eigenvalue weighted by Crippen LogP contribution is -2.29. The molecule has 2 unspecified atom stereocenters. The maximum atomic E-state index is 3.52. The van der Waals surface area contributed by atoms with Gasteiger partial charge in [-0.1, -0.05) is 58.9 Å². The number of hydrogen-bond acceptors (Lipinski definition) is 1. The largest absolute Gasteiger partial charge is 0.314 e. The molecule has 0 bridgehead atoms. The topological polar surface area (TPSA) is 12.0 Å². The van der Waals surface area contributed by atoms with Crippen LogP contribution in [-0.4, -0.2) is 12.6 Å². The minimum absolute atomic E-state index is 0.576. The van der Waals surface area contributed by atoms with Crippen LogP contribution < -0.4 is 5.32 Å². The summed E-state index contributed by atoms with van der Waals surface area (Å²) in [5.74, 6) is 1.29. The first kappa shape index (κ1) is 14.2. The van der Waals surface area contributed by atoms with Crippen molar-refractivity contribution in [3.8, 4) is 0 Å². The Morgan fingerprint density at radius 1 is 1.00 bits per heavy atom. The molecule has 0 spiro atoms. The molecule has 1 N–H and O–H groups in total. The molecule has 0 saturated carbocycles. The Kier molecular flexibility index (Phi) is 5.70. The molecule has 0 aromatic heterocycles. The van der Waals surface area contributed by atoms with Gasteiger partial charge in [-0.3, -0.25) is 0 Å². The quantitative estimate of drug-likeness (QED) is 0.783. The van der Waals surface area contributed by atoms with Crippen LogP contribution in [0.3, 0.4) is 0 Å². The molecule has 1 heteroatoms. The van der Waals surface area contributed by atoms with Crippen molar-refractivity contribution < 1.29 is 0 Å². The van der Waals surface area contributed by atoms with Gasteiger partial charge in [0.25, 0.3) is 0 Å². The second-order valence-electron chi connectivity index (χ2n) is 5.42. The van der Waals surface area contributed by atoms with E-state index in [0.29, 0.717) is 17.9 Å². The lowest BCUT2D eigenvalue weighted by atomic mass is 9.88. The lowest BCUT2D eigenvalue weighted by molar-refractivity contribution is 0.426. The predicted octanol–water partition coefficient (Wildman–Crippen LogP) is 3.99. The molecule has 0 radical (unpaired) electrons. The van der Waals surface area contributed by atoms with Crippen molar-refractivity contribution >= 4 is 0 Å². The van der Waals surface area contributed by atoms with Gasteiger partial charge in [0.05, 0.1) is 0 Å². The zero-order valence-electron chi connectivity index (χ0n) is 12.0. The highest BCUT2D eigenvalue weighted by Crippen LogP contribution is 2.24. The molecule has 2 atom stereocenters. The van der Waals surface area contributed by atoms with Crippen LogP contribution in [0.4, 0.5) is 0 Å². The fourth-order valence-electron chi connectivity index (χ4n) is 1.98. The van der Waals surface area contributed by atoms with Crippen LogP contribution in [0.15, 0.2) is 24.3 Å². The van der Waals surface area contributed by atoms with Crippen molar-refractivity contribution in [1.29, 1.82) is 0 Å². The van der Waals surface area contributed by atoms with Gasteiger partial charge in [0.1, 0.15) is 0 Å². The Morgan fingerprint density at radius 3 is 2.06 bits per heavy atom. The summed E-state index contributed by atoms with van der Waals surface area (Å²) in [6.45, 7) is 12.4. The van der Waals surface area contributed by atoms with Crippen LogP contribution in [0.25, 0.3) is 0 Å². The summed E-state index contributed by atoms with van der Waals surface area (Å²) < 4.78 is 0. The molecular formula is C16H27N. The zero-order chi connectivity index (χ0) is 12.8. The number of hydrogen-bond donors (Lipinski definition) is 1. The Morgan fingerprint density at radius 2 is 1.59 bits per heavy atom. The number of rotatable bonds is 6. The van der Waals surface area contributed by atoms with Gasteiger partial charge >= 0.3 is 0 Å². The van der Waals surface area contributed by atoms with E-state index in [9.17, 15) is 0 Å². The molecule has 0 aliphatic rings. The van der Waals surface area contributed by atoms with E-state index in [2.05, 4.69) is 64.2 Å². The van der Waals surface area contributed by atoms with E-state index in [1.54, 1.807) is 0 Å². The molecule has 0 heterocycles. The van der Waals surface area contributed by atoms with Gasteiger partial charge in [0.2, 0.25) is 0 Å². The van der Waals surface area contributed by atoms with Gasteiger partial charge in [-0.25, -0.2) is 0 Å². The molecule has 0 amide bonds. The fraction of sp³-hybridized carbons (Fsp3) is 0.625. The summed E-state index contributed by atoms with van der Waals surface area (Å²) >= 11 is 0. The van der Waals surface area contributed by atoms with Gasteiger partial charge < -0.3 is 5.32 Å². The number of benzene rings is 1. The van der Waals surface area contributed by atoms with E-state index in [-0.39, 0.29) is 0 Å². The monoisotopic (exact) mass is 233 g/mol. The third kappa shape index (κ3) is 4.51. The molecular weight excluding hydrogens is 206 g/mol. The molecule has 0 saturated heterocycles. The molecule has 1 rings (SSSR count). The average Bonchev–Trinajstić information content (AvgIpc) is 2.35. The zero-order valence-corrected chi connectivity index (χ0v) is 12.0. The standard InChI is InChI=1S/C16H27N/c1-6-15-7-9-16(10-8-15)14(5)13(4)11-17-12(2)3/h7-10,12-14,17H,6,11H2,1-5H3. The third-order valence-electron chi connectivity index (χ3n) is 3.62. The van der Waals surface area contributed by atoms with Crippen molar-refractivity contribution in [3.63, 3.8) is 0 Å². The Bertz CT molecular complexity index is 313. The Hall–Kier alpha value is -0.820. The SMILES string of the molecule is CCc1ccc(C(C)C(C)CNC(C)C)cc1. The van der Waals surface area contributed by atoms with Gasteiger partial charge in [-0.2, -0.15) is 0 Å². The van der Waals surface area contributed by atoms with Gasteiger partial charge in [-0.05, 0) is 35.9 Å². The molecule has 1 aromatic rings. The van der Waals surface area contributed by atoms with E-state index in [1.807, 2.05) is 0 Å². The molecule has 0 fully saturated rings. The molecule has 96 valence electrons. The van der Waals surface area contributed by atoms with Gasteiger partial charge in [-0.15, -0.1) is 0 Å². The van der Waals surface area contributed by atoms with E-state index < -0.39 is 0 Å². The van der Waals surface area contributed by atoms with Crippen molar-refractivity contribution in [2.45, 2.75) is 53.0 Å². The summed E-state index contributed by atoms with van der Waals surface area (Å²) in [6.07, 6.45) is 1.12. The van der Waals surface area contributed by atoms with Crippen molar-refractivity contribution in [2.75, 3.05) is 6.54 Å². The highest BCUT2D eigenvalue weighted by molar-refractivity contribution is 5.25. The highest BCUT2D eigenvalue weighted by Gasteiger charge is 2.14. The first-order valence-corrected chi connectivity index (χ1v) is 6.86. The average molecular weight is 233 g/mol.